The molecule has 1 N–H and O–H groups in total. The summed E-state index contributed by atoms with van der Waals surface area (Å²) < 4.78 is 7.02. The predicted molar refractivity (Wildman–Crippen MR) is 72.7 cm³/mol. The van der Waals surface area contributed by atoms with Crippen molar-refractivity contribution in [2.45, 2.75) is 31.8 Å². The van der Waals surface area contributed by atoms with Gasteiger partial charge in [0.2, 0.25) is 0 Å². The third-order valence-electron chi connectivity index (χ3n) is 2.89. The van der Waals surface area contributed by atoms with Gasteiger partial charge in [0.15, 0.2) is 0 Å². The van der Waals surface area contributed by atoms with Crippen LogP contribution in [-0.2, 0) is 11.3 Å². The third-order valence-corrected chi connectivity index (χ3v) is 4.10. The lowest BCUT2D eigenvalue weighted by atomic mass is 10.2. The summed E-state index contributed by atoms with van der Waals surface area (Å²) in [7, 11) is 1.73. The van der Waals surface area contributed by atoms with Gasteiger partial charge < -0.3 is 10.1 Å². The van der Waals surface area contributed by atoms with Gasteiger partial charge in [0.25, 0.3) is 0 Å². The summed E-state index contributed by atoms with van der Waals surface area (Å²) in [5.74, 6) is 3.52. The number of nitrogens with one attached hydrogen (secondary N) is 1. The quantitative estimate of drug-likeness (QED) is 0.791. The summed E-state index contributed by atoms with van der Waals surface area (Å²) in [6.07, 6.45) is 5.63. The zero-order valence-electron chi connectivity index (χ0n) is 10.4. The first-order valence-corrected chi connectivity index (χ1v) is 7.40. The Bertz CT molecular complexity index is 323. The first-order chi connectivity index (χ1) is 8.38. The second-order valence-electron chi connectivity index (χ2n) is 4.37. The standard InChI is InChI=1S/C12H21N3OS/c1-16-8-3-6-15-7-5-12(14-15)13-11-4-2-9-17-10-11/h5,7,11H,2-4,6,8-10H2,1H3,(H,13,14)/t11-/m0/s1. The number of thioether (sulfide) groups is 1. The summed E-state index contributed by atoms with van der Waals surface area (Å²) >= 11 is 2.03. The average molecular weight is 255 g/mol. The van der Waals surface area contributed by atoms with Crippen LogP contribution < -0.4 is 5.32 Å². The molecule has 0 spiro atoms. The molecule has 1 fully saturated rings. The molecule has 1 saturated heterocycles. The molecule has 5 heteroatoms. The van der Waals surface area contributed by atoms with E-state index in [-0.39, 0.29) is 0 Å². The summed E-state index contributed by atoms with van der Waals surface area (Å²) in [6.45, 7) is 1.72. The lowest BCUT2D eigenvalue weighted by molar-refractivity contribution is 0.189. The van der Waals surface area contributed by atoms with Gasteiger partial charge in [0.1, 0.15) is 5.82 Å². The Morgan fingerprint density at radius 1 is 1.65 bits per heavy atom. The average Bonchev–Trinajstić information content (AvgIpc) is 2.79. The number of rotatable bonds is 6. The molecule has 96 valence electrons. The van der Waals surface area contributed by atoms with E-state index in [0.717, 1.165) is 25.4 Å². The number of hydrogen-bond acceptors (Lipinski definition) is 4. The van der Waals surface area contributed by atoms with Gasteiger partial charge in [-0.1, -0.05) is 0 Å². The molecule has 0 radical (unpaired) electrons. The Labute approximate surface area is 107 Å². The Morgan fingerprint density at radius 2 is 2.59 bits per heavy atom. The first-order valence-electron chi connectivity index (χ1n) is 6.25. The van der Waals surface area contributed by atoms with E-state index < -0.39 is 0 Å². The fraction of sp³-hybridized carbons (Fsp3) is 0.750. The van der Waals surface area contributed by atoms with Crippen molar-refractivity contribution in [1.29, 1.82) is 0 Å². The molecule has 1 aromatic heterocycles. The van der Waals surface area contributed by atoms with E-state index in [0.29, 0.717) is 6.04 Å². The highest BCUT2D eigenvalue weighted by Gasteiger charge is 2.14. The smallest absolute Gasteiger partial charge is 0.148 e. The summed E-state index contributed by atoms with van der Waals surface area (Å²) in [6, 6.07) is 2.66. The second-order valence-corrected chi connectivity index (χ2v) is 5.52. The van der Waals surface area contributed by atoms with Crippen LogP contribution in [0.4, 0.5) is 5.82 Å². The van der Waals surface area contributed by atoms with Crippen LogP contribution in [0, 0.1) is 0 Å². The van der Waals surface area contributed by atoms with Crippen LogP contribution in [0.1, 0.15) is 19.3 Å². The number of aryl methyl sites for hydroxylation is 1. The Balaban J connectivity index is 1.76. The largest absolute Gasteiger partial charge is 0.385 e. The van der Waals surface area contributed by atoms with E-state index >= 15 is 0 Å². The molecule has 0 bridgehead atoms. The van der Waals surface area contributed by atoms with Crippen molar-refractivity contribution >= 4 is 17.6 Å². The number of hydrogen-bond donors (Lipinski definition) is 1. The molecule has 0 aromatic carbocycles. The van der Waals surface area contributed by atoms with Crippen molar-refractivity contribution in [3.63, 3.8) is 0 Å². The molecule has 0 saturated carbocycles. The zero-order valence-corrected chi connectivity index (χ0v) is 11.2. The minimum Gasteiger partial charge on any atom is -0.385 e. The van der Waals surface area contributed by atoms with Gasteiger partial charge in [-0.3, -0.25) is 4.68 Å². The van der Waals surface area contributed by atoms with Gasteiger partial charge in [0.05, 0.1) is 0 Å². The molecule has 0 aliphatic carbocycles. The molecular formula is C12H21N3OS. The molecule has 2 rings (SSSR count). The topological polar surface area (TPSA) is 39.1 Å². The van der Waals surface area contributed by atoms with Crippen molar-refractivity contribution in [3.05, 3.63) is 12.3 Å². The number of nitrogens with zero attached hydrogens (tertiary/aromatic N) is 2. The van der Waals surface area contributed by atoms with Crippen LogP contribution in [0.15, 0.2) is 12.3 Å². The van der Waals surface area contributed by atoms with E-state index in [9.17, 15) is 0 Å². The molecule has 1 aromatic rings. The van der Waals surface area contributed by atoms with Crippen LogP contribution in [0.3, 0.4) is 0 Å². The highest BCUT2D eigenvalue weighted by atomic mass is 32.2. The predicted octanol–water partition coefficient (Wildman–Crippen LogP) is 2.23. The summed E-state index contributed by atoms with van der Waals surface area (Å²) in [5, 5.41) is 8.02. The summed E-state index contributed by atoms with van der Waals surface area (Å²) in [4.78, 5) is 0. The van der Waals surface area contributed by atoms with Gasteiger partial charge in [-0.25, -0.2) is 0 Å². The normalized spacial score (nSPS) is 20.4. The second kappa shape index (κ2) is 6.91. The van der Waals surface area contributed by atoms with Crippen LogP contribution >= 0.6 is 11.8 Å². The highest BCUT2D eigenvalue weighted by molar-refractivity contribution is 7.99. The monoisotopic (exact) mass is 255 g/mol. The summed E-state index contributed by atoms with van der Waals surface area (Å²) in [5.41, 5.74) is 0. The third kappa shape index (κ3) is 4.24. The number of anilines is 1. The van der Waals surface area contributed by atoms with Crippen molar-refractivity contribution in [3.8, 4) is 0 Å². The first kappa shape index (κ1) is 12.8. The Kier molecular flexibility index (Phi) is 5.19. The minimum atomic E-state index is 0.594. The van der Waals surface area contributed by atoms with E-state index in [1.54, 1.807) is 7.11 Å². The SMILES string of the molecule is COCCCn1ccc(N[C@H]2CCCSC2)n1. The molecule has 1 aliphatic rings. The molecular weight excluding hydrogens is 234 g/mol. The lowest BCUT2D eigenvalue weighted by Gasteiger charge is -2.22. The molecule has 0 amide bonds. The van der Waals surface area contributed by atoms with E-state index in [4.69, 9.17) is 4.74 Å². The van der Waals surface area contributed by atoms with Gasteiger partial charge >= 0.3 is 0 Å². The van der Waals surface area contributed by atoms with Crippen molar-refractivity contribution in [1.82, 2.24) is 9.78 Å². The van der Waals surface area contributed by atoms with Crippen molar-refractivity contribution in [2.24, 2.45) is 0 Å². The Morgan fingerprint density at radius 3 is 3.35 bits per heavy atom. The molecule has 4 nitrogen and oxygen atoms in total. The van der Waals surface area contributed by atoms with E-state index in [1.165, 1.54) is 24.3 Å². The van der Waals surface area contributed by atoms with Crippen LogP contribution in [0.25, 0.3) is 0 Å². The maximum absolute atomic E-state index is 5.03. The fourth-order valence-electron chi connectivity index (χ4n) is 2.00. The zero-order chi connectivity index (χ0) is 11.9. The van der Waals surface area contributed by atoms with Crippen molar-refractivity contribution < 1.29 is 4.74 Å². The highest BCUT2D eigenvalue weighted by Crippen LogP contribution is 2.19. The van der Waals surface area contributed by atoms with Gasteiger partial charge in [-0.15, -0.1) is 0 Å². The number of aromatic nitrogens is 2. The van der Waals surface area contributed by atoms with Gasteiger partial charge in [-0.2, -0.15) is 16.9 Å². The van der Waals surface area contributed by atoms with E-state index in [2.05, 4.69) is 16.5 Å². The van der Waals surface area contributed by atoms with Crippen LogP contribution in [0.5, 0.6) is 0 Å². The van der Waals surface area contributed by atoms with Crippen LogP contribution in [0.2, 0.25) is 0 Å². The van der Waals surface area contributed by atoms with E-state index in [1.807, 2.05) is 22.6 Å². The molecule has 17 heavy (non-hydrogen) atoms. The number of ether oxygens (including phenoxy) is 1. The van der Waals surface area contributed by atoms with Crippen LogP contribution in [-0.4, -0.2) is 41.0 Å². The fourth-order valence-corrected chi connectivity index (χ4v) is 3.07. The lowest BCUT2D eigenvalue weighted by Crippen LogP contribution is -2.25. The van der Waals surface area contributed by atoms with Gasteiger partial charge in [-0.05, 0) is 25.0 Å². The van der Waals surface area contributed by atoms with Gasteiger partial charge in [0, 0.05) is 44.3 Å². The molecule has 0 unspecified atom stereocenters. The maximum atomic E-state index is 5.03. The maximum Gasteiger partial charge on any atom is 0.148 e. The number of methoxy groups -OCH3 is 1. The molecule has 2 heterocycles. The Hall–Kier alpha value is -0.680. The molecule has 1 atom stereocenters. The molecule has 1 aliphatic heterocycles. The minimum absolute atomic E-state index is 0.594. The van der Waals surface area contributed by atoms with Crippen molar-refractivity contribution in [2.75, 3.05) is 30.5 Å².